The van der Waals surface area contributed by atoms with E-state index in [4.69, 9.17) is 4.74 Å². The zero-order valence-electron chi connectivity index (χ0n) is 14.4. The quantitative estimate of drug-likeness (QED) is 0.470. The summed E-state index contributed by atoms with van der Waals surface area (Å²) in [6.07, 6.45) is 0.810. The molecule has 9 heteroatoms. The van der Waals surface area contributed by atoms with Crippen molar-refractivity contribution >= 4 is 50.1 Å². The van der Waals surface area contributed by atoms with Crippen LogP contribution >= 0.6 is 31.9 Å². The third-order valence-electron chi connectivity index (χ3n) is 3.34. The number of benzene rings is 2. The summed E-state index contributed by atoms with van der Waals surface area (Å²) in [5.74, 6) is -0.394. The lowest BCUT2D eigenvalue weighted by Gasteiger charge is -2.15. The number of nitrogens with one attached hydrogen (secondary N) is 1. The standard InChI is InChI=1S/C18H17Br2N3O4/c1-23(18(26)27-11-12-5-3-2-4-6-12)10-16(24)22-21-9-13-7-14(19)17(25)15(20)8-13/h2-9,25H,10-11H2,1H3,(H,22,24)/b21-9+. The van der Waals surface area contributed by atoms with E-state index in [1.807, 2.05) is 30.3 Å². The van der Waals surface area contributed by atoms with Gasteiger partial charge in [0.05, 0.1) is 15.2 Å². The maximum atomic E-state index is 11.9. The number of hydrazone groups is 1. The zero-order valence-corrected chi connectivity index (χ0v) is 17.5. The number of aromatic hydroxyl groups is 1. The molecule has 0 aliphatic carbocycles. The Hall–Kier alpha value is -2.39. The lowest BCUT2D eigenvalue weighted by molar-refractivity contribution is -0.121. The van der Waals surface area contributed by atoms with E-state index in [1.165, 1.54) is 13.3 Å². The Morgan fingerprint density at radius 2 is 1.85 bits per heavy atom. The van der Waals surface area contributed by atoms with Crippen LogP contribution in [0.4, 0.5) is 4.79 Å². The summed E-state index contributed by atoms with van der Waals surface area (Å²) in [5, 5.41) is 13.5. The van der Waals surface area contributed by atoms with Gasteiger partial charge in [-0.25, -0.2) is 10.2 Å². The molecule has 27 heavy (non-hydrogen) atoms. The molecule has 2 amide bonds. The van der Waals surface area contributed by atoms with Crippen LogP contribution in [0.1, 0.15) is 11.1 Å². The summed E-state index contributed by atoms with van der Waals surface area (Å²) in [4.78, 5) is 24.9. The van der Waals surface area contributed by atoms with E-state index in [2.05, 4.69) is 42.4 Å². The average molecular weight is 499 g/mol. The first-order valence-corrected chi connectivity index (χ1v) is 9.37. The van der Waals surface area contributed by atoms with Crippen molar-refractivity contribution < 1.29 is 19.4 Å². The van der Waals surface area contributed by atoms with Crippen LogP contribution in [0.25, 0.3) is 0 Å². The number of carbonyl (C=O) groups excluding carboxylic acids is 2. The number of carbonyl (C=O) groups is 2. The molecule has 142 valence electrons. The van der Waals surface area contributed by atoms with Gasteiger partial charge in [0.1, 0.15) is 18.9 Å². The Bertz CT molecular complexity index is 821. The molecule has 2 aromatic carbocycles. The number of nitrogens with zero attached hydrogens (tertiary/aromatic N) is 2. The van der Waals surface area contributed by atoms with Crippen LogP contribution in [0.3, 0.4) is 0 Å². The second-order valence-corrected chi connectivity index (χ2v) is 7.23. The van der Waals surface area contributed by atoms with E-state index in [0.29, 0.717) is 14.5 Å². The molecule has 0 unspecified atom stereocenters. The van der Waals surface area contributed by atoms with Crippen molar-refractivity contribution in [3.63, 3.8) is 0 Å². The molecule has 0 aliphatic heterocycles. The molecule has 0 spiro atoms. The first kappa shape index (κ1) is 20.9. The van der Waals surface area contributed by atoms with Gasteiger partial charge in [0.15, 0.2) is 0 Å². The van der Waals surface area contributed by atoms with Gasteiger partial charge in [0.2, 0.25) is 0 Å². The molecule has 0 aromatic heterocycles. The minimum absolute atomic E-state index is 0.0758. The molecular weight excluding hydrogens is 482 g/mol. The highest BCUT2D eigenvalue weighted by molar-refractivity contribution is 9.11. The van der Waals surface area contributed by atoms with Crippen molar-refractivity contribution in [2.75, 3.05) is 13.6 Å². The van der Waals surface area contributed by atoms with Crippen molar-refractivity contribution in [2.45, 2.75) is 6.61 Å². The van der Waals surface area contributed by atoms with Crippen molar-refractivity contribution in [3.8, 4) is 5.75 Å². The van der Waals surface area contributed by atoms with E-state index >= 15 is 0 Å². The van der Waals surface area contributed by atoms with Gasteiger partial charge in [-0.2, -0.15) is 5.10 Å². The largest absolute Gasteiger partial charge is 0.506 e. The molecule has 2 aromatic rings. The maximum absolute atomic E-state index is 11.9. The molecule has 0 saturated heterocycles. The van der Waals surface area contributed by atoms with Crippen molar-refractivity contribution in [2.24, 2.45) is 5.10 Å². The fraction of sp³-hybridized carbons (Fsp3) is 0.167. The Morgan fingerprint density at radius 3 is 2.48 bits per heavy atom. The molecule has 0 heterocycles. The summed E-state index contributed by atoms with van der Waals surface area (Å²) < 4.78 is 6.12. The zero-order chi connectivity index (χ0) is 19.8. The Morgan fingerprint density at radius 1 is 1.22 bits per heavy atom. The fourth-order valence-corrected chi connectivity index (χ4v) is 3.21. The monoisotopic (exact) mass is 497 g/mol. The summed E-state index contributed by atoms with van der Waals surface area (Å²) in [5.41, 5.74) is 3.85. The molecule has 2 N–H and O–H groups in total. The van der Waals surface area contributed by atoms with Crippen LogP contribution in [0.15, 0.2) is 56.5 Å². The first-order chi connectivity index (χ1) is 12.9. The predicted molar refractivity (Wildman–Crippen MR) is 109 cm³/mol. The lowest BCUT2D eigenvalue weighted by Crippen LogP contribution is -2.36. The van der Waals surface area contributed by atoms with Gasteiger partial charge in [-0.3, -0.25) is 4.79 Å². The smallest absolute Gasteiger partial charge is 0.410 e. The Labute approximate surface area is 173 Å². The van der Waals surface area contributed by atoms with Gasteiger partial charge < -0.3 is 14.7 Å². The highest BCUT2D eigenvalue weighted by atomic mass is 79.9. The van der Waals surface area contributed by atoms with E-state index in [9.17, 15) is 14.7 Å². The third-order valence-corrected chi connectivity index (χ3v) is 4.55. The van der Waals surface area contributed by atoms with Crippen LogP contribution in [0.5, 0.6) is 5.75 Å². The van der Waals surface area contributed by atoms with E-state index in [0.717, 1.165) is 10.5 Å². The van der Waals surface area contributed by atoms with Crippen LogP contribution in [-0.2, 0) is 16.1 Å². The molecule has 7 nitrogen and oxygen atoms in total. The van der Waals surface area contributed by atoms with Gasteiger partial charge >= 0.3 is 6.09 Å². The Kier molecular flexibility index (Phi) is 7.81. The third kappa shape index (κ3) is 6.69. The van der Waals surface area contributed by atoms with Crippen molar-refractivity contribution in [1.29, 1.82) is 0 Å². The number of hydrogen-bond donors (Lipinski definition) is 2. The minimum atomic E-state index is -0.607. The summed E-state index contributed by atoms with van der Waals surface area (Å²) >= 11 is 6.42. The Balaban J connectivity index is 1.79. The van der Waals surface area contributed by atoms with Gasteiger partial charge in [0.25, 0.3) is 5.91 Å². The second-order valence-electron chi connectivity index (χ2n) is 5.52. The lowest BCUT2D eigenvalue weighted by atomic mass is 10.2. The molecule has 2 rings (SSSR count). The molecular formula is C18H17Br2N3O4. The molecule has 0 atom stereocenters. The number of ether oxygens (including phenoxy) is 1. The fourth-order valence-electron chi connectivity index (χ4n) is 1.98. The average Bonchev–Trinajstić information content (AvgIpc) is 2.64. The van der Waals surface area contributed by atoms with Gasteiger partial charge in [-0.1, -0.05) is 30.3 Å². The van der Waals surface area contributed by atoms with E-state index < -0.39 is 12.0 Å². The van der Waals surface area contributed by atoms with Crippen LogP contribution in [0, 0.1) is 0 Å². The molecule has 0 fully saturated rings. The maximum Gasteiger partial charge on any atom is 0.410 e. The summed E-state index contributed by atoms with van der Waals surface area (Å²) in [7, 11) is 1.46. The SMILES string of the molecule is CN(CC(=O)N/N=C/c1cc(Br)c(O)c(Br)c1)C(=O)OCc1ccccc1. The topological polar surface area (TPSA) is 91.2 Å². The minimum Gasteiger partial charge on any atom is -0.506 e. The second kappa shape index (κ2) is 10.1. The number of likely N-dealkylation sites (N-methyl/N-ethyl adjacent to an activating group) is 1. The van der Waals surface area contributed by atoms with Crippen LogP contribution < -0.4 is 5.43 Å². The summed E-state index contributed by atoms with van der Waals surface area (Å²) in [6.45, 7) is -0.0671. The molecule has 0 aliphatic rings. The van der Waals surface area contributed by atoms with E-state index in [-0.39, 0.29) is 18.9 Å². The van der Waals surface area contributed by atoms with Gasteiger partial charge in [-0.15, -0.1) is 0 Å². The highest BCUT2D eigenvalue weighted by Gasteiger charge is 2.14. The predicted octanol–water partition coefficient (Wildman–Crippen LogP) is 3.64. The van der Waals surface area contributed by atoms with Gasteiger partial charge in [-0.05, 0) is 55.1 Å². The van der Waals surface area contributed by atoms with Crippen molar-refractivity contribution in [1.82, 2.24) is 10.3 Å². The number of phenolic OH excluding ortho intramolecular Hbond substituents is 1. The van der Waals surface area contributed by atoms with E-state index in [1.54, 1.807) is 12.1 Å². The highest BCUT2D eigenvalue weighted by Crippen LogP contribution is 2.32. The number of hydrogen-bond acceptors (Lipinski definition) is 5. The molecule has 0 radical (unpaired) electrons. The summed E-state index contributed by atoms with van der Waals surface area (Å²) in [6, 6.07) is 12.5. The number of phenols is 1. The normalized spacial score (nSPS) is 10.6. The molecule has 0 bridgehead atoms. The van der Waals surface area contributed by atoms with Crippen molar-refractivity contribution in [3.05, 3.63) is 62.5 Å². The number of halogens is 2. The number of amides is 2. The van der Waals surface area contributed by atoms with Gasteiger partial charge in [0, 0.05) is 7.05 Å². The number of rotatable bonds is 6. The van der Waals surface area contributed by atoms with Crippen LogP contribution in [0.2, 0.25) is 0 Å². The van der Waals surface area contributed by atoms with Crippen LogP contribution in [-0.4, -0.2) is 41.8 Å². The first-order valence-electron chi connectivity index (χ1n) is 7.78. The molecule has 0 saturated carbocycles.